The zero-order valence-corrected chi connectivity index (χ0v) is 48.9. The smallest absolute Gasteiger partial charge is 0.213 e. The molecule has 0 amide bonds. The van der Waals surface area contributed by atoms with Crippen molar-refractivity contribution in [3.05, 3.63) is 283 Å². The standard InChI is InChI=1S/C76H73N4OP/c1-6-9-28-58-46-47-77-54-60(76(7-2,8-3)73-43-23-22-42-70(73)74(77)48-58)55-78-53-59-29-24-27-56(4)71(59)52-75(78)72-51-69(45-44-57(72)5)82(81,67-40-25-38-65(49-67)79(61-30-14-10-15-31-61)62-32-16-11-17-33-62)68-41-26-39-66(50-68)80(63-34-18-12-19-35-63)64-36-20-13-21-37-64/h10-27,29-53,60H,6-9,28,54-55H2,1-5H3/q+2. The van der Waals surface area contributed by atoms with Crippen molar-refractivity contribution in [3.8, 4) is 22.5 Å². The molecule has 3 heterocycles. The summed E-state index contributed by atoms with van der Waals surface area (Å²) in [6.07, 6.45) is 10.2. The predicted molar refractivity (Wildman–Crippen MR) is 344 cm³/mol. The predicted octanol–water partition coefficient (Wildman–Crippen LogP) is 17.7. The third-order valence-electron chi connectivity index (χ3n) is 17.6. The molecule has 9 aromatic carbocycles. The van der Waals surface area contributed by atoms with Crippen LogP contribution in [-0.4, -0.2) is 0 Å². The van der Waals surface area contributed by atoms with Gasteiger partial charge in [-0.05, 0) is 158 Å². The quantitative estimate of drug-likeness (QED) is 0.0673. The summed E-state index contributed by atoms with van der Waals surface area (Å²) in [5.41, 5.74) is 15.9. The SMILES string of the molecule is CCCCc1cc[n+]2c(c1)-c1ccccc1C(CC)(CC)C(C[n+]1cc3cccc(C)c3cc1-c1cc(P(=O)(c3cccc(N(c4ccccc4)c4ccccc4)c3)c3cccc(N(c4ccccc4)c4ccccc4)c3)ccc1C)C2. The second kappa shape index (κ2) is 23.5. The molecule has 11 aromatic rings. The highest BCUT2D eigenvalue weighted by Gasteiger charge is 2.47. The minimum Gasteiger partial charge on any atom is -0.310 e. The van der Waals surface area contributed by atoms with Crippen molar-refractivity contribution in [2.24, 2.45) is 5.92 Å². The fourth-order valence-electron chi connectivity index (χ4n) is 13.2. The molecule has 1 atom stereocenters. The molecule has 0 bridgehead atoms. The van der Waals surface area contributed by atoms with Gasteiger partial charge in [0.05, 0.1) is 5.92 Å². The molecule has 1 aliphatic rings. The van der Waals surface area contributed by atoms with Crippen LogP contribution in [0.1, 0.15) is 68.7 Å². The second-order valence-electron chi connectivity index (χ2n) is 22.3. The second-order valence-corrected chi connectivity index (χ2v) is 25.1. The minimum absolute atomic E-state index is 0.110. The van der Waals surface area contributed by atoms with Crippen LogP contribution in [0.25, 0.3) is 33.3 Å². The van der Waals surface area contributed by atoms with Crippen LogP contribution in [-0.2, 0) is 29.5 Å². The molecule has 0 fully saturated rings. The van der Waals surface area contributed by atoms with E-state index in [2.05, 4.69) is 315 Å². The van der Waals surface area contributed by atoms with E-state index in [0.29, 0.717) is 0 Å². The summed E-state index contributed by atoms with van der Waals surface area (Å²) in [4.78, 5) is 4.52. The van der Waals surface area contributed by atoms with Gasteiger partial charge in [0, 0.05) is 90.2 Å². The Hall–Kier alpha value is -8.63. The topological polar surface area (TPSA) is 31.3 Å². The van der Waals surface area contributed by atoms with Gasteiger partial charge < -0.3 is 14.4 Å². The molecular weight excluding hydrogens is 1020 g/mol. The lowest BCUT2D eigenvalue weighted by Crippen LogP contribution is -2.52. The molecule has 0 spiro atoms. The van der Waals surface area contributed by atoms with Gasteiger partial charge in [-0.2, -0.15) is 9.13 Å². The van der Waals surface area contributed by atoms with Gasteiger partial charge in [0.2, 0.25) is 11.4 Å². The van der Waals surface area contributed by atoms with Gasteiger partial charge in [-0.15, -0.1) is 0 Å². The van der Waals surface area contributed by atoms with Crippen LogP contribution in [0.15, 0.2) is 261 Å². The van der Waals surface area contributed by atoms with E-state index in [9.17, 15) is 0 Å². The van der Waals surface area contributed by atoms with Crippen molar-refractivity contribution in [2.75, 3.05) is 9.80 Å². The number of unbranched alkanes of at least 4 members (excludes halogenated alkanes) is 1. The Balaban J connectivity index is 1.06. The summed E-state index contributed by atoms with van der Waals surface area (Å²) >= 11 is 0. The van der Waals surface area contributed by atoms with Crippen LogP contribution in [0, 0.1) is 19.8 Å². The molecule has 12 rings (SSSR count). The minimum atomic E-state index is -3.74. The number of hydrogen-bond donors (Lipinski definition) is 0. The maximum Gasteiger partial charge on any atom is 0.213 e. The van der Waals surface area contributed by atoms with Gasteiger partial charge in [0.1, 0.15) is 0 Å². The lowest BCUT2D eigenvalue weighted by atomic mass is 9.65. The number of anilines is 6. The van der Waals surface area contributed by atoms with Crippen LogP contribution < -0.4 is 34.8 Å². The van der Waals surface area contributed by atoms with Crippen LogP contribution >= 0.6 is 7.14 Å². The molecule has 6 heteroatoms. The average molecular weight is 1090 g/mol. The van der Waals surface area contributed by atoms with Gasteiger partial charge in [0.25, 0.3) is 0 Å². The lowest BCUT2D eigenvalue weighted by molar-refractivity contribution is -0.728. The van der Waals surface area contributed by atoms with E-state index in [1.165, 1.54) is 51.6 Å². The summed E-state index contributed by atoms with van der Waals surface area (Å²) in [6, 6.07) is 88.7. The van der Waals surface area contributed by atoms with Crippen molar-refractivity contribution in [1.29, 1.82) is 0 Å². The first-order chi connectivity index (χ1) is 40.2. The lowest BCUT2D eigenvalue weighted by Gasteiger charge is -2.37. The Morgan fingerprint density at radius 2 is 1.01 bits per heavy atom. The molecule has 5 nitrogen and oxygen atoms in total. The first kappa shape index (κ1) is 54.0. The normalized spacial score (nSPS) is 13.7. The summed E-state index contributed by atoms with van der Waals surface area (Å²) < 4.78 is 22.9. The molecule has 0 aliphatic carbocycles. The Kier molecular flexibility index (Phi) is 15.4. The van der Waals surface area contributed by atoms with Crippen molar-refractivity contribution in [1.82, 2.24) is 0 Å². The molecule has 0 saturated heterocycles. The van der Waals surface area contributed by atoms with Crippen LogP contribution in [0.4, 0.5) is 34.1 Å². The molecule has 0 N–H and O–H groups in total. The zero-order chi connectivity index (χ0) is 56.2. The molecule has 0 radical (unpaired) electrons. The Morgan fingerprint density at radius 1 is 0.488 bits per heavy atom. The number of hydrogen-bond acceptors (Lipinski definition) is 3. The molecule has 82 heavy (non-hydrogen) atoms. The van der Waals surface area contributed by atoms with E-state index >= 15 is 4.57 Å². The van der Waals surface area contributed by atoms with Crippen molar-refractivity contribution in [3.63, 3.8) is 0 Å². The third kappa shape index (κ3) is 10.2. The van der Waals surface area contributed by atoms with Gasteiger partial charge in [-0.25, -0.2) is 0 Å². The van der Waals surface area contributed by atoms with E-state index in [4.69, 9.17) is 0 Å². The van der Waals surface area contributed by atoms with E-state index < -0.39 is 7.14 Å². The molecule has 406 valence electrons. The number of pyridine rings is 2. The van der Waals surface area contributed by atoms with E-state index in [1.54, 1.807) is 0 Å². The largest absolute Gasteiger partial charge is 0.310 e. The first-order valence-electron chi connectivity index (χ1n) is 29.5. The Bertz CT molecular complexity index is 3870. The molecular formula is C76H73N4OP+2. The maximum atomic E-state index is 17.7. The molecule has 0 saturated carbocycles. The summed E-state index contributed by atoms with van der Waals surface area (Å²) in [7, 11) is -3.74. The fourth-order valence-corrected chi connectivity index (χ4v) is 15.9. The zero-order valence-electron chi connectivity index (χ0n) is 48.0. The Labute approximate surface area is 485 Å². The van der Waals surface area contributed by atoms with Gasteiger partial charge in [0.15, 0.2) is 32.6 Å². The van der Waals surface area contributed by atoms with Crippen LogP contribution in [0.2, 0.25) is 0 Å². The highest BCUT2D eigenvalue weighted by atomic mass is 31.2. The average Bonchev–Trinajstić information content (AvgIpc) is 2.84. The van der Waals surface area contributed by atoms with Crippen molar-refractivity contribution in [2.45, 2.75) is 85.2 Å². The summed E-state index contributed by atoms with van der Waals surface area (Å²) in [6.45, 7) is 13.2. The monoisotopic (exact) mass is 1090 g/mol. The van der Waals surface area contributed by atoms with E-state index in [1.807, 2.05) is 0 Å². The maximum absolute atomic E-state index is 17.7. The molecule has 2 aromatic heterocycles. The summed E-state index contributed by atoms with van der Waals surface area (Å²) in [5, 5.41) is 4.71. The Morgan fingerprint density at radius 3 is 1.57 bits per heavy atom. The van der Waals surface area contributed by atoms with Gasteiger partial charge in [-0.3, -0.25) is 0 Å². The van der Waals surface area contributed by atoms with Crippen molar-refractivity contribution < 1.29 is 13.7 Å². The number of rotatable bonds is 17. The highest BCUT2D eigenvalue weighted by molar-refractivity contribution is 7.85. The number of aryl methyl sites for hydroxylation is 3. The summed E-state index contributed by atoms with van der Waals surface area (Å²) in [5.74, 6) is 0.233. The van der Waals surface area contributed by atoms with E-state index in [0.717, 1.165) is 99.2 Å². The number of nitrogens with zero attached hydrogens (tertiary/aromatic N) is 4. The number of benzene rings is 9. The number of fused-ring (bicyclic) bond motifs is 4. The molecule has 1 unspecified atom stereocenters. The molecule has 1 aliphatic heterocycles. The van der Waals surface area contributed by atoms with Crippen LogP contribution in [0.5, 0.6) is 0 Å². The van der Waals surface area contributed by atoms with Gasteiger partial charge in [-0.1, -0.05) is 167 Å². The van der Waals surface area contributed by atoms with Crippen molar-refractivity contribution >= 4 is 68.0 Å². The third-order valence-corrected chi connectivity index (χ3v) is 20.6. The highest BCUT2D eigenvalue weighted by Crippen LogP contribution is 2.49. The van der Waals surface area contributed by atoms with Crippen LogP contribution in [0.3, 0.4) is 0 Å². The number of aromatic nitrogens is 2. The first-order valence-corrected chi connectivity index (χ1v) is 31.2. The number of para-hydroxylation sites is 4. The van der Waals surface area contributed by atoms with E-state index in [-0.39, 0.29) is 11.3 Å². The fraction of sp³-hybridized carbons (Fsp3) is 0.184. The van der Waals surface area contributed by atoms with Gasteiger partial charge >= 0.3 is 0 Å².